The van der Waals surface area contributed by atoms with Crippen molar-refractivity contribution in [2.75, 3.05) is 0 Å². The van der Waals surface area contributed by atoms with Crippen molar-refractivity contribution in [3.05, 3.63) is 52.8 Å². The summed E-state index contributed by atoms with van der Waals surface area (Å²) in [5, 5.41) is 0. The second-order valence-corrected chi connectivity index (χ2v) is 5.58. The van der Waals surface area contributed by atoms with E-state index in [0.29, 0.717) is 0 Å². The Kier molecular flexibility index (Phi) is 3.40. The van der Waals surface area contributed by atoms with E-state index in [1.165, 1.54) is 12.1 Å². The SMILES string of the molecule is CC(C)(C)[c-]1ccc(-c2c(F)c(F)c(F)c(F)c2F)c1. The highest BCUT2D eigenvalue weighted by Crippen LogP contribution is 2.35. The molecule has 0 radical (unpaired) electrons. The van der Waals surface area contributed by atoms with E-state index in [0.717, 1.165) is 5.56 Å². The van der Waals surface area contributed by atoms with Gasteiger partial charge in [-0.05, 0) is 5.56 Å². The van der Waals surface area contributed by atoms with Gasteiger partial charge < -0.3 is 0 Å². The maximum absolute atomic E-state index is 13.7. The van der Waals surface area contributed by atoms with Crippen molar-refractivity contribution in [1.29, 1.82) is 0 Å². The van der Waals surface area contributed by atoms with Gasteiger partial charge in [0.25, 0.3) is 0 Å². The highest BCUT2D eigenvalue weighted by Gasteiger charge is 2.24. The molecule has 0 spiro atoms. The molecule has 20 heavy (non-hydrogen) atoms. The van der Waals surface area contributed by atoms with Gasteiger partial charge in [0.05, 0.1) is 0 Å². The second-order valence-electron chi connectivity index (χ2n) is 5.58. The fraction of sp³-hybridized carbons (Fsp3) is 0.267. The van der Waals surface area contributed by atoms with Gasteiger partial charge in [-0.25, -0.2) is 28.0 Å². The minimum atomic E-state index is -2.15. The first-order valence-electron chi connectivity index (χ1n) is 5.93. The highest BCUT2D eigenvalue weighted by atomic mass is 19.2. The van der Waals surface area contributed by atoms with Crippen LogP contribution in [0.4, 0.5) is 22.0 Å². The first-order chi connectivity index (χ1) is 9.14. The lowest BCUT2D eigenvalue weighted by Crippen LogP contribution is -2.09. The van der Waals surface area contributed by atoms with Crippen LogP contribution in [0.5, 0.6) is 0 Å². The number of rotatable bonds is 1. The lowest BCUT2D eigenvalue weighted by Gasteiger charge is -2.22. The Morgan fingerprint density at radius 3 is 1.65 bits per heavy atom. The Bertz CT molecular complexity index is 633. The smallest absolute Gasteiger partial charge is 0.200 e. The largest absolute Gasteiger partial charge is 0.206 e. The summed E-state index contributed by atoms with van der Waals surface area (Å²) in [5.41, 5.74) is -0.460. The molecule has 0 atom stereocenters. The molecule has 0 heterocycles. The van der Waals surface area contributed by atoms with Gasteiger partial charge in [0.1, 0.15) is 0 Å². The number of hydrogen-bond donors (Lipinski definition) is 0. The Hall–Kier alpha value is -1.78. The van der Waals surface area contributed by atoms with E-state index < -0.39 is 34.6 Å². The van der Waals surface area contributed by atoms with Crippen molar-refractivity contribution < 1.29 is 22.0 Å². The average molecular weight is 287 g/mol. The molecule has 5 heteroatoms. The zero-order valence-electron chi connectivity index (χ0n) is 11.1. The quantitative estimate of drug-likeness (QED) is 0.297. The molecule has 108 valence electrons. The van der Waals surface area contributed by atoms with Crippen LogP contribution in [0, 0.1) is 29.1 Å². The third kappa shape index (κ3) is 2.21. The first kappa shape index (κ1) is 14.6. The molecule has 0 saturated heterocycles. The van der Waals surface area contributed by atoms with Crippen molar-refractivity contribution in [3.63, 3.8) is 0 Å². The Labute approximate surface area is 113 Å². The highest BCUT2D eigenvalue weighted by molar-refractivity contribution is 5.67. The van der Waals surface area contributed by atoms with Crippen LogP contribution in [0.15, 0.2) is 18.2 Å². The lowest BCUT2D eigenvalue weighted by atomic mass is 9.89. The van der Waals surface area contributed by atoms with Crippen molar-refractivity contribution in [3.8, 4) is 11.1 Å². The molecule has 0 fully saturated rings. The zero-order valence-corrected chi connectivity index (χ0v) is 11.1. The molecule has 0 aromatic heterocycles. The van der Waals surface area contributed by atoms with Crippen molar-refractivity contribution in [2.45, 2.75) is 26.2 Å². The van der Waals surface area contributed by atoms with Gasteiger partial charge >= 0.3 is 0 Å². The summed E-state index contributed by atoms with van der Waals surface area (Å²) in [6.07, 6.45) is 0. The molecule has 2 rings (SSSR count). The molecule has 0 amide bonds. The Morgan fingerprint density at radius 2 is 1.25 bits per heavy atom. The average Bonchev–Trinajstić information content (AvgIpc) is 2.83. The predicted molar refractivity (Wildman–Crippen MR) is 66.0 cm³/mol. The third-order valence-electron chi connectivity index (χ3n) is 3.12. The van der Waals surface area contributed by atoms with Gasteiger partial charge in [0.15, 0.2) is 29.1 Å². The molecular weight excluding hydrogens is 275 g/mol. The van der Waals surface area contributed by atoms with Crippen LogP contribution < -0.4 is 0 Å². The summed E-state index contributed by atoms with van der Waals surface area (Å²) < 4.78 is 66.7. The molecule has 2 aromatic carbocycles. The summed E-state index contributed by atoms with van der Waals surface area (Å²) in [7, 11) is 0. The van der Waals surface area contributed by atoms with E-state index in [9.17, 15) is 22.0 Å². The van der Waals surface area contributed by atoms with Crippen molar-refractivity contribution in [1.82, 2.24) is 0 Å². The van der Waals surface area contributed by atoms with Gasteiger partial charge in [-0.2, -0.15) is 23.3 Å². The van der Waals surface area contributed by atoms with Crippen molar-refractivity contribution >= 4 is 0 Å². The van der Waals surface area contributed by atoms with E-state index in [1.807, 2.05) is 20.8 Å². The molecule has 0 unspecified atom stereocenters. The maximum atomic E-state index is 13.7. The molecule has 0 aliphatic carbocycles. The van der Waals surface area contributed by atoms with Crippen molar-refractivity contribution in [2.24, 2.45) is 0 Å². The van der Waals surface area contributed by atoms with Crippen LogP contribution >= 0.6 is 0 Å². The molecule has 0 aliphatic heterocycles. The summed E-state index contributed by atoms with van der Waals surface area (Å²) >= 11 is 0. The number of benzene rings is 1. The van der Waals surface area contributed by atoms with Crippen LogP contribution in [-0.4, -0.2) is 0 Å². The van der Waals surface area contributed by atoms with Crippen LogP contribution in [0.2, 0.25) is 0 Å². The fourth-order valence-corrected chi connectivity index (χ4v) is 1.92. The zero-order chi connectivity index (χ0) is 15.2. The summed E-state index contributed by atoms with van der Waals surface area (Å²) in [4.78, 5) is 0. The predicted octanol–water partition coefficient (Wildman–Crippen LogP) is 5.07. The molecule has 0 aliphatic rings. The summed E-state index contributed by atoms with van der Waals surface area (Å²) in [6.45, 7) is 5.64. The molecule has 0 nitrogen and oxygen atoms in total. The number of halogens is 5. The fourth-order valence-electron chi connectivity index (χ4n) is 1.92. The molecule has 2 aromatic rings. The molecule has 0 bridgehead atoms. The number of hydrogen-bond acceptors (Lipinski definition) is 0. The monoisotopic (exact) mass is 287 g/mol. The van der Waals surface area contributed by atoms with E-state index in [4.69, 9.17) is 0 Å². The van der Waals surface area contributed by atoms with Gasteiger partial charge in [0.2, 0.25) is 0 Å². The van der Waals surface area contributed by atoms with Crippen LogP contribution in [0.3, 0.4) is 0 Å². The first-order valence-corrected chi connectivity index (χ1v) is 5.93. The topological polar surface area (TPSA) is 0 Å². The second kappa shape index (κ2) is 4.65. The van der Waals surface area contributed by atoms with Gasteiger partial charge in [-0.3, -0.25) is 0 Å². The molecule has 0 N–H and O–H groups in total. The Balaban J connectivity index is 2.68. The summed E-state index contributed by atoms with van der Waals surface area (Å²) in [5.74, 6) is -9.64. The normalized spacial score (nSPS) is 12.0. The third-order valence-corrected chi connectivity index (χ3v) is 3.12. The standard InChI is InChI=1S/C15H12F5/c1-15(2,3)8-5-4-7(6-8)9-10(16)12(18)14(20)13(19)11(9)17/h4-6H,1-3H3/q-1. The van der Waals surface area contributed by atoms with Gasteiger partial charge in [-0.15, -0.1) is 0 Å². The van der Waals surface area contributed by atoms with Gasteiger partial charge in [0, 0.05) is 0 Å². The van der Waals surface area contributed by atoms with E-state index in [2.05, 4.69) is 0 Å². The Morgan fingerprint density at radius 1 is 0.800 bits per heavy atom. The van der Waals surface area contributed by atoms with E-state index in [-0.39, 0.29) is 11.0 Å². The maximum Gasteiger partial charge on any atom is 0.200 e. The minimum Gasteiger partial charge on any atom is -0.206 e. The van der Waals surface area contributed by atoms with E-state index >= 15 is 0 Å². The van der Waals surface area contributed by atoms with Crippen LogP contribution in [0.25, 0.3) is 11.1 Å². The van der Waals surface area contributed by atoms with Crippen LogP contribution in [0.1, 0.15) is 26.3 Å². The molecular formula is C15H12F5-. The van der Waals surface area contributed by atoms with Crippen LogP contribution in [-0.2, 0) is 5.41 Å². The van der Waals surface area contributed by atoms with Gasteiger partial charge in [-0.1, -0.05) is 26.2 Å². The minimum absolute atomic E-state index is 0.0253. The lowest BCUT2D eigenvalue weighted by molar-refractivity contribution is 0.381. The molecule has 0 saturated carbocycles. The summed E-state index contributed by atoms with van der Waals surface area (Å²) in [6, 6.07) is 4.38. The van der Waals surface area contributed by atoms with E-state index in [1.54, 1.807) is 6.07 Å².